The Bertz CT molecular complexity index is 1280. The van der Waals surface area contributed by atoms with Crippen molar-refractivity contribution < 1.29 is 28.6 Å². The number of fused-ring (bicyclic) bond motifs is 3. The quantitative estimate of drug-likeness (QED) is 0.355. The van der Waals surface area contributed by atoms with Crippen LogP contribution in [0.1, 0.15) is 49.7 Å². The van der Waals surface area contributed by atoms with E-state index in [0.717, 1.165) is 5.56 Å². The number of rotatable bonds is 3. The van der Waals surface area contributed by atoms with Gasteiger partial charge in [-0.15, -0.1) is 0 Å². The molecule has 0 bridgehead atoms. The third-order valence-electron chi connectivity index (χ3n) is 5.50. The van der Waals surface area contributed by atoms with Gasteiger partial charge in [-0.2, -0.15) is 0 Å². The maximum Gasteiger partial charge on any atom is 0.337 e. The van der Waals surface area contributed by atoms with Gasteiger partial charge in [-0.1, -0.05) is 18.2 Å². The third-order valence-corrected chi connectivity index (χ3v) is 5.50. The van der Waals surface area contributed by atoms with Crippen LogP contribution >= 0.6 is 0 Å². The van der Waals surface area contributed by atoms with E-state index in [9.17, 15) is 14.4 Å². The molecule has 0 radical (unpaired) electrons. The first-order valence-corrected chi connectivity index (χ1v) is 9.95. The number of esters is 2. The number of pyridine rings is 1. The molecule has 158 valence electrons. The predicted octanol–water partition coefficient (Wildman–Crippen LogP) is 3.93. The Morgan fingerprint density at radius 2 is 1.91 bits per heavy atom. The van der Waals surface area contributed by atoms with Crippen LogP contribution < -0.4 is 9.47 Å². The fourth-order valence-corrected chi connectivity index (χ4v) is 3.96. The second kappa shape index (κ2) is 7.77. The SMILES string of the molecule is COC(=O)c1ccc(/C=C2\Oc3c(ccc4c3C(c3cccnc3)CC(=O)O4)C2=O)cc1. The van der Waals surface area contributed by atoms with E-state index in [1.165, 1.54) is 7.11 Å². The van der Waals surface area contributed by atoms with Gasteiger partial charge in [0.1, 0.15) is 11.5 Å². The highest BCUT2D eigenvalue weighted by Gasteiger charge is 2.38. The van der Waals surface area contributed by atoms with E-state index in [2.05, 4.69) is 4.98 Å². The van der Waals surface area contributed by atoms with Crippen LogP contribution in [-0.2, 0) is 9.53 Å². The molecule has 0 fully saturated rings. The molecule has 0 amide bonds. The van der Waals surface area contributed by atoms with Crippen LogP contribution in [0.25, 0.3) is 6.08 Å². The number of methoxy groups -OCH3 is 1. The lowest BCUT2D eigenvalue weighted by Crippen LogP contribution is -2.21. The maximum absolute atomic E-state index is 13.0. The first kappa shape index (κ1) is 19.7. The molecule has 7 heteroatoms. The van der Waals surface area contributed by atoms with Crippen molar-refractivity contribution in [3.63, 3.8) is 0 Å². The van der Waals surface area contributed by atoms with E-state index in [1.807, 2.05) is 6.07 Å². The molecule has 2 aliphatic rings. The highest BCUT2D eigenvalue weighted by atomic mass is 16.5. The number of carbonyl (C=O) groups is 3. The number of carbonyl (C=O) groups excluding carboxylic acids is 3. The average molecular weight is 427 g/mol. The number of hydrogen-bond acceptors (Lipinski definition) is 7. The topological polar surface area (TPSA) is 91.8 Å². The number of allylic oxidation sites excluding steroid dienone is 1. The van der Waals surface area contributed by atoms with Gasteiger partial charge in [0.2, 0.25) is 5.78 Å². The number of benzene rings is 2. The summed E-state index contributed by atoms with van der Waals surface area (Å²) in [5.41, 5.74) is 3.01. The highest BCUT2D eigenvalue weighted by Crippen LogP contribution is 2.48. The smallest absolute Gasteiger partial charge is 0.337 e. The van der Waals surface area contributed by atoms with Crippen LogP contribution in [-0.4, -0.2) is 29.8 Å². The summed E-state index contributed by atoms with van der Waals surface area (Å²) in [5, 5.41) is 0. The second-order valence-corrected chi connectivity index (χ2v) is 7.42. The van der Waals surface area contributed by atoms with Crippen LogP contribution in [0.5, 0.6) is 11.5 Å². The molecule has 32 heavy (non-hydrogen) atoms. The third kappa shape index (κ3) is 3.33. The molecule has 3 heterocycles. The molecule has 0 aliphatic carbocycles. The van der Waals surface area contributed by atoms with E-state index in [0.29, 0.717) is 33.8 Å². The van der Waals surface area contributed by atoms with Gasteiger partial charge in [-0.05, 0) is 47.5 Å². The minimum atomic E-state index is -0.438. The number of ketones is 1. The summed E-state index contributed by atoms with van der Waals surface area (Å²) in [4.78, 5) is 41.0. The van der Waals surface area contributed by atoms with Gasteiger partial charge in [0.25, 0.3) is 0 Å². The van der Waals surface area contributed by atoms with Crippen LogP contribution in [0.3, 0.4) is 0 Å². The van der Waals surface area contributed by atoms with Gasteiger partial charge < -0.3 is 14.2 Å². The van der Waals surface area contributed by atoms with Gasteiger partial charge in [0.15, 0.2) is 5.76 Å². The van der Waals surface area contributed by atoms with E-state index < -0.39 is 5.97 Å². The van der Waals surface area contributed by atoms with Gasteiger partial charge in [-0.25, -0.2) is 4.79 Å². The first-order chi connectivity index (χ1) is 15.5. The molecule has 3 aromatic rings. The van der Waals surface area contributed by atoms with Gasteiger partial charge in [0.05, 0.1) is 24.7 Å². The Balaban J connectivity index is 1.54. The number of Topliss-reactive ketones (excluding diaryl/α,β-unsaturated/α-hetero) is 1. The first-order valence-electron chi connectivity index (χ1n) is 9.95. The fraction of sp³-hybridized carbons (Fsp3) is 0.120. The average Bonchev–Trinajstić information content (AvgIpc) is 3.14. The number of ether oxygens (including phenoxy) is 3. The Morgan fingerprint density at radius 3 is 2.62 bits per heavy atom. The molecular formula is C25H17NO6. The standard InChI is InChI=1S/C25H17NO6/c1-30-25(29)15-6-4-14(5-7-15)11-20-23(28)17-8-9-19-22(24(17)32-20)18(12-21(27)31-19)16-3-2-10-26-13-16/h2-11,13,18H,12H2,1H3/b20-11-. The molecule has 2 aromatic carbocycles. The summed E-state index contributed by atoms with van der Waals surface area (Å²) in [5.74, 6) is -0.453. The maximum atomic E-state index is 13.0. The van der Waals surface area contributed by atoms with Crippen molar-refractivity contribution in [2.75, 3.05) is 7.11 Å². The van der Waals surface area contributed by atoms with E-state index in [-0.39, 0.29) is 29.9 Å². The van der Waals surface area contributed by atoms with Crippen molar-refractivity contribution in [3.05, 3.63) is 94.5 Å². The normalized spacial score (nSPS) is 17.9. The predicted molar refractivity (Wildman–Crippen MR) is 113 cm³/mol. The van der Waals surface area contributed by atoms with Crippen molar-refractivity contribution in [3.8, 4) is 11.5 Å². The molecule has 0 saturated carbocycles. The monoisotopic (exact) mass is 427 g/mol. The van der Waals surface area contributed by atoms with Crippen molar-refractivity contribution in [2.45, 2.75) is 12.3 Å². The van der Waals surface area contributed by atoms with Crippen molar-refractivity contribution in [1.82, 2.24) is 4.98 Å². The lowest BCUT2D eigenvalue weighted by Gasteiger charge is -2.26. The molecule has 7 nitrogen and oxygen atoms in total. The minimum Gasteiger partial charge on any atom is -0.465 e. The van der Waals surface area contributed by atoms with E-state index in [1.54, 1.807) is 60.9 Å². The summed E-state index contributed by atoms with van der Waals surface area (Å²) in [6.07, 6.45) is 5.10. The van der Waals surface area contributed by atoms with E-state index in [4.69, 9.17) is 14.2 Å². The molecule has 0 N–H and O–H groups in total. The number of hydrogen-bond donors (Lipinski definition) is 0. The Morgan fingerprint density at radius 1 is 1.09 bits per heavy atom. The molecule has 0 spiro atoms. The van der Waals surface area contributed by atoms with E-state index >= 15 is 0 Å². The minimum absolute atomic E-state index is 0.126. The van der Waals surface area contributed by atoms with Gasteiger partial charge in [-0.3, -0.25) is 14.6 Å². The number of aromatic nitrogens is 1. The summed E-state index contributed by atoms with van der Waals surface area (Å²) in [6.45, 7) is 0. The zero-order valence-electron chi connectivity index (χ0n) is 17.0. The van der Waals surface area contributed by atoms with Crippen LogP contribution in [0, 0.1) is 0 Å². The largest absolute Gasteiger partial charge is 0.465 e. The van der Waals surface area contributed by atoms with Crippen LogP contribution in [0.2, 0.25) is 0 Å². The summed E-state index contributed by atoms with van der Waals surface area (Å²) in [6, 6.07) is 13.6. The molecule has 0 saturated heterocycles. The lowest BCUT2D eigenvalue weighted by molar-refractivity contribution is -0.135. The van der Waals surface area contributed by atoms with Crippen molar-refractivity contribution >= 4 is 23.8 Å². The van der Waals surface area contributed by atoms with Gasteiger partial charge >= 0.3 is 11.9 Å². The highest BCUT2D eigenvalue weighted by molar-refractivity contribution is 6.15. The molecule has 2 aliphatic heterocycles. The second-order valence-electron chi connectivity index (χ2n) is 7.42. The lowest BCUT2D eigenvalue weighted by atomic mass is 9.85. The Labute approximate surface area is 183 Å². The molecule has 1 aromatic heterocycles. The Kier molecular flexibility index (Phi) is 4.78. The van der Waals surface area contributed by atoms with Crippen LogP contribution in [0.15, 0.2) is 66.7 Å². The van der Waals surface area contributed by atoms with Crippen LogP contribution in [0.4, 0.5) is 0 Å². The van der Waals surface area contributed by atoms with Crippen molar-refractivity contribution in [1.29, 1.82) is 0 Å². The Hall–Kier alpha value is -4.26. The summed E-state index contributed by atoms with van der Waals surface area (Å²) >= 11 is 0. The van der Waals surface area contributed by atoms with Gasteiger partial charge in [0, 0.05) is 23.9 Å². The zero-order chi connectivity index (χ0) is 22.2. The summed E-state index contributed by atoms with van der Waals surface area (Å²) in [7, 11) is 1.32. The molecule has 1 unspecified atom stereocenters. The van der Waals surface area contributed by atoms with Crippen molar-refractivity contribution in [2.24, 2.45) is 0 Å². The molecule has 1 atom stereocenters. The molecule has 5 rings (SSSR count). The number of nitrogens with zero attached hydrogens (tertiary/aromatic N) is 1. The molecular weight excluding hydrogens is 410 g/mol. The zero-order valence-corrected chi connectivity index (χ0v) is 17.0. The summed E-state index contributed by atoms with van der Waals surface area (Å²) < 4.78 is 16.1. The fourth-order valence-electron chi connectivity index (χ4n) is 3.96.